The minimum Gasteiger partial charge on any atom is -0.394 e. The van der Waals surface area contributed by atoms with Crippen LogP contribution < -0.4 is 5.73 Å². The average molecular weight is 233 g/mol. The lowest BCUT2D eigenvalue weighted by Crippen LogP contribution is -1.92. The molecule has 0 atom stereocenters. The van der Waals surface area contributed by atoms with Gasteiger partial charge in [0.05, 0.1) is 10.7 Å². The molecular formula is C13H11ClNO. The van der Waals surface area contributed by atoms with E-state index < -0.39 is 0 Å². The number of rotatable bonds is 1. The Morgan fingerprint density at radius 3 is 2.44 bits per heavy atom. The van der Waals surface area contributed by atoms with E-state index in [0.29, 0.717) is 10.6 Å². The highest BCUT2D eigenvalue weighted by molar-refractivity contribution is 6.36. The van der Waals surface area contributed by atoms with Gasteiger partial charge in [0.2, 0.25) is 5.75 Å². The van der Waals surface area contributed by atoms with Crippen molar-refractivity contribution in [2.75, 3.05) is 5.73 Å². The van der Waals surface area contributed by atoms with E-state index >= 15 is 0 Å². The maximum Gasteiger partial charge on any atom is 0.205 e. The number of benzene rings is 2. The van der Waals surface area contributed by atoms with Crippen molar-refractivity contribution in [3.05, 3.63) is 47.0 Å². The molecule has 0 fully saturated rings. The number of anilines is 1. The van der Waals surface area contributed by atoms with Crippen molar-refractivity contribution in [2.45, 2.75) is 6.92 Å². The maximum atomic E-state index is 11.6. The van der Waals surface area contributed by atoms with Crippen LogP contribution in [0, 0.1) is 6.92 Å². The fourth-order valence-electron chi connectivity index (χ4n) is 1.63. The lowest BCUT2D eigenvalue weighted by atomic mass is 10.0. The molecule has 0 aliphatic heterocycles. The van der Waals surface area contributed by atoms with Crippen molar-refractivity contribution in [2.24, 2.45) is 0 Å². The summed E-state index contributed by atoms with van der Waals surface area (Å²) in [4.78, 5) is 0. The monoisotopic (exact) mass is 232 g/mol. The summed E-state index contributed by atoms with van der Waals surface area (Å²) in [6.45, 7) is 1.74. The SMILES string of the molecule is Cc1cc(-c2ccccc2)c(Cl)c(N)c1[O]. The van der Waals surface area contributed by atoms with Crippen LogP contribution in [-0.2, 0) is 5.11 Å². The molecule has 2 N–H and O–H groups in total. The molecule has 0 heterocycles. The van der Waals surface area contributed by atoms with Crippen molar-refractivity contribution < 1.29 is 5.11 Å². The first kappa shape index (κ1) is 10.8. The van der Waals surface area contributed by atoms with Gasteiger partial charge >= 0.3 is 0 Å². The molecule has 0 aliphatic rings. The first-order chi connectivity index (χ1) is 7.61. The predicted molar refractivity (Wildman–Crippen MR) is 66.2 cm³/mol. The van der Waals surface area contributed by atoms with Crippen molar-refractivity contribution >= 4 is 17.3 Å². The number of nitrogens with two attached hydrogens (primary N) is 1. The van der Waals surface area contributed by atoms with E-state index in [2.05, 4.69) is 0 Å². The van der Waals surface area contributed by atoms with E-state index in [1.54, 1.807) is 13.0 Å². The van der Waals surface area contributed by atoms with E-state index in [1.807, 2.05) is 30.3 Å². The largest absolute Gasteiger partial charge is 0.394 e. The molecule has 3 heteroatoms. The van der Waals surface area contributed by atoms with Gasteiger partial charge in [-0.1, -0.05) is 41.9 Å². The molecule has 2 aromatic carbocycles. The van der Waals surface area contributed by atoms with Crippen molar-refractivity contribution in [1.29, 1.82) is 0 Å². The third-order valence-electron chi connectivity index (χ3n) is 2.52. The third kappa shape index (κ3) is 1.72. The molecule has 0 aliphatic carbocycles. The number of hydrogen-bond acceptors (Lipinski definition) is 1. The van der Waals surface area contributed by atoms with Gasteiger partial charge in [0, 0.05) is 5.56 Å². The summed E-state index contributed by atoms with van der Waals surface area (Å²) in [6.07, 6.45) is 0. The Balaban J connectivity index is 2.68. The molecule has 2 rings (SSSR count). The summed E-state index contributed by atoms with van der Waals surface area (Å²) >= 11 is 6.08. The average Bonchev–Trinajstić information content (AvgIpc) is 2.32. The van der Waals surface area contributed by atoms with Gasteiger partial charge in [-0.3, -0.25) is 5.11 Å². The fraction of sp³-hybridized carbons (Fsp3) is 0.0769. The smallest absolute Gasteiger partial charge is 0.205 e. The number of nitrogen functional groups attached to an aromatic ring is 1. The zero-order valence-corrected chi connectivity index (χ0v) is 9.58. The summed E-state index contributed by atoms with van der Waals surface area (Å²) in [5, 5.41) is 11.9. The molecule has 16 heavy (non-hydrogen) atoms. The molecule has 0 spiro atoms. The summed E-state index contributed by atoms with van der Waals surface area (Å²) in [5.74, 6) is -0.190. The molecule has 0 saturated carbocycles. The minimum absolute atomic E-state index is 0.125. The highest BCUT2D eigenvalue weighted by Crippen LogP contribution is 2.40. The normalized spacial score (nSPS) is 10.4. The molecule has 2 nitrogen and oxygen atoms in total. The van der Waals surface area contributed by atoms with Gasteiger partial charge in [-0.25, -0.2) is 0 Å². The predicted octanol–water partition coefficient (Wildman–Crippen LogP) is 4.04. The van der Waals surface area contributed by atoms with Gasteiger partial charge < -0.3 is 5.73 Å². The van der Waals surface area contributed by atoms with E-state index in [-0.39, 0.29) is 11.4 Å². The first-order valence-corrected chi connectivity index (χ1v) is 5.30. The van der Waals surface area contributed by atoms with E-state index in [4.69, 9.17) is 17.3 Å². The van der Waals surface area contributed by atoms with Gasteiger partial charge in [0.15, 0.2) is 0 Å². The Morgan fingerprint density at radius 2 is 1.81 bits per heavy atom. The second-order valence-corrected chi connectivity index (χ2v) is 4.04. The Kier molecular flexibility index (Phi) is 2.75. The van der Waals surface area contributed by atoms with Crippen LogP contribution >= 0.6 is 11.6 Å². The van der Waals surface area contributed by atoms with Crippen LogP contribution in [0.4, 0.5) is 5.69 Å². The van der Waals surface area contributed by atoms with Gasteiger partial charge in [0.1, 0.15) is 0 Å². The van der Waals surface area contributed by atoms with Gasteiger partial charge in [-0.15, -0.1) is 0 Å². The fourth-order valence-corrected chi connectivity index (χ4v) is 1.88. The molecule has 0 unspecified atom stereocenters. The number of hydrogen-bond donors (Lipinski definition) is 1. The van der Waals surface area contributed by atoms with Crippen LogP contribution in [0.5, 0.6) is 5.75 Å². The highest BCUT2D eigenvalue weighted by Gasteiger charge is 2.14. The molecule has 0 saturated heterocycles. The molecule has 2 aromatic rings. The summed E-state index contributed by atoms with van der Waals surface area (Å²) in [6, 6.07) is 11.4. The van der Waals surface area contributed by atoms with E-state index in [9.17, 15) is 5.11 Å². The van der Waals surface area contributed by atoms with Crippen LogP contribution in [0.25, 0.3) is 11.1 Å². The highest BCUT2D eigenvalue weighted by atomic mass is 35.5. The zero-order chi connectivity index (χ0) is 11.7. The summed E-state index contributed by atoms with van der Waals surface area (Å²) in [5.41, 5.74) is 8.18. The lowest BCUT2D eigenvalue weighted by molar-refractivity contribution is 0.354. The summed E-state index contributed by atoms with van der Waals surface area (Å²) < 4.78 is 0. The third-order valence-corrected chi connectivity index (χ3v) is 2.93. The second-order valence-electron chi connectivity index (χ2n) is 3.66. The molecular weight excluding hydrogens is 222 g/mol. The van der Waals surface area contributed by atoms with Crippen molar-refractivity contribution in [3.63, 3.8) is 0 Å². The molecule has 0 amide bonds. The second kappa shape index (κ2) is 4.06. The molecule has 81 valence electrons. The van der Waals surface area contributed by atoms with Crippen LogP contribution in [0.3, 0.4) is 0 Å². The number of halogens is 1. The maximum absolute atomic E-state index is 11.6. The van der Waals surface area contributed by atoms with Crippen molar-refractivity contribution in [3.8, 4) is 16.9 Å². The quantitative estimate of drug-likeness (QED) is 0.741. The van der Waals surface area contributed by atoms with Gasteiger partial charge in [-0.05, 0) is 24.1 Å². The van der Waals surface area contributed by atoms with Gasteiger partial charge in [-0.2, -0.15) is 0 Å². The van der Waals surface area contributed by atoms with Crippen molar-refractivity contribution in [1.82, 2.24) is 0 Å². The van der Waals surface area contributed by atoms with Crippen LogP contribution in [0.15, 0.2) is 36.4 Å². The van der Waals surface area contributed by atoms with E-state index in [1.165, 1.54) is 0 Å². The van der Waals surface area contributed by atoms with Gasteiger partial charge in [0.25, 0.3) is 0 Å². The molecule has 0 bridgehead atoms. The standard InChI is InChI=1S/C13H11ClNO/c1-8-7-10(9-5-3-2-4-6-9)11(14)12(15)13(8)16/h2-7H,15H2,1H3. The Hall–Kier alpha value is -1.67. The minimum atomic E-state index is -0.190. The zero-order valence-electron chi connectivity index (χ0n) is 8.83. The Labute approximate surface area is 99.3 Å². The molecule has 0 aromatic heterocycles. The lowest BCUT2D eigenvalue weighted by Gasteiger charge is -2.09. The van der Waals surface area contributed by atoms with Crippen LogP contribution in [0.1, 0.15) is 5.56 Å². The molecule has 1 radical (unpaired) electrons. The number of aryl methyl sites for hydroxylation is 1. The Bertz CT molecular complexity index is 523. The van der Waals surface area contributed by atoms with Crippen LogP contribution in [-0.4, -0.2) is 0 Å². The van der Waals surface area contributed by atoms with Crippen LogP contribution in [0.2, 0.25) is 5.02 Å². The topological polar surface area (TPSA) is 45.9 Å². The summed E-state index contributed by atoms with van der Waals surface area (Å²) in [7, 11) is 0. The Morgan fingerprint density at radius 1 is 1.19 bits per heavy atom. The van der Waals surface area contributed by atoms with E-state index in [0.717, 1.165) is 11.1 Å². The first-order valence-electron chi connectivity index (χ1n) is 4.92.